The minimum Gasteiger partial charge on any atom is -0.506 e. The third-order valence-electron chi connectivity index (χ3n) is 7.59. The lowest BCUT2D eigenvalue weighted by Crippen LogP contribution is -2.41. The first-order chi connectivity index (χ1) is 20.4. The number of anilines is 2. The Morgan fingerprint density at radius 1 is 1.14 bits per heavy atom. The lowest BCUT2D eigenvalue weighted by molar-refractivity contribution is 0.0976. The van der Waals surface area contributed by atoms with E-state index >= 15 is 4.39 Å². The number of aromatic nitrogens is 2. The van der Waals surface area contributed by atoms with Crippen molar-refractivity contribution in [1.29, 1.82) is 0 Å². The molecule has 4 aromatic rings. The average Bonchev–Trinajstić information content (AvgIpc) is 3.32. The molecule has 0 fully saturated rings. The number of fused-ring (bicyclic) bond motifs is 1. The molecular formula is C32H31FN4O5S. The van der Waals surface area contributed by atoms with E-state index < -0.39 is 33.0 Å². The number of halogens is 1. The molecule has 1 aromatic heterocycles. The summed E-state index contributed by atoms with van der Waals surface area (Å²) in [5, 5.41) is 14.1. The third kappa shape index (κ3) is 5.36. The van der Waals surface area contributed by atoms with E-state index in [1.54, 1.807) is 29.8 Å². The molecule has 0 aliphatic carbocycles. The van der Waals surface area contributed by atoms with E-state index in [4.69, 9.17) is 4.74 Å². The molecule has 1 unspecified atom stereocenters. The number of phenols is 1. The van der Waals surface area contributed by atoms with Gasteiger partial charge in [0.05, 0.1) is 22.7 Å². The fourth-order valence-electron chi connectivity index (χ4n) is 5.82. The second-order valence-corrected chi connectivity index (χ2v) is 13.7. The first-order valence-electron chi connectivity index (χ1n) is 13.8. The zero-order valence-corrected chi connectivity index (χ0v) is 24.7. The van der Waals surface area contributed by atoms with Crippen LogP contribution >= 0.6 is 0 Å². The maximum Gasteiger partial charge on any atom is 0.279 e. The van der Waals surface area contributed by atoms with Gasteiger partial charge in [-0.3, -0.25) is 9.69 Å². The molecule has 0 spiro atoms. The van der Waals surface area contributed by atoms with Crippen molar-refractivity contribution in [2.75, 3.05) is 16.0 Å². The zero-order valence-electron chi connectivity index (χ0n) is 23.9. The van der Waals surface area contributed by atoms with Crippen LogP contribution in [0.5, 0.6) is 11.5 Å². The van der Waals surface area contributed by atoms with Crippen molar-refractivity contribution < 1.29 is 27.4 Å². The standard InChI is InChI=1S/C32H31FN4O5S/c1-32(2)15-24-30(43(40,41)18-32)29(22-13-12-21(14-23(22)33)42-17-20-8-5-4-6-9-20)37(31(39)25-16-36(3)19-34-25)26-10-7-11-27(38)28(26)35-24/h4-14,16,19,29,35,38H,15,17-18H2,1-3H3. The average molecular weight is 603 g/mol. The van der Waals surface area contributed by atoms with Gasteiger partial charge in [-0.25, -0.2) is 17.8 Å². The Hall–Kier alpha value is -4.64. The van der Waals surface area contributed by atoms with Crippen LogP contribution in [0, 0.1) is 11.2 Å². The highest BCUT2D eigenvalue weighted by molar-refractivity contribution is 7.95. The van der Waals surface area contributed by atoms with Crippen LogP contribution in [0.4, 0.5) is 15.8 Å². The van der Waals surface area contributed by atoms with Gasteiger partial charge in [-0.2, -0.15) is 0 Å². The number of sulfone groups is 1. The summed E-state index contributed by atoms with van der Waals surface area (Å²) in [6, 6.07) is 16.8. The second kappa shape index (κ2) is 10.6. The highest BCUT2D eigenvalue weighted by atomic mass is 32.2. The Morgan fingerprint density at radius 3 is 2.60 bits per heavy atom. The van der Waals surface area contributed by atoms with Crippen molar-refractivity contribution >= 4 is 27.1 Å². The number of phenolic OH excluding ortho intramolecular Hbond substituents is 1. The fraction of sp³-hybridized carbons (Fsp3) is 0.250. The van der Waals surface area contributed by atoms with E-state index in [2.05, 4.69) is 10.3 Å². The summed E-state index contributed by atoms with van der Waals surface area (Å²) in [5.41, 5.74) is 0.867. The van der Waals surface area contributed by atoms with Gasteiger partial charge in [0.15, 0.2) is 9.84 Å². The Morgan fingerprint density at radius 2 is 1.91 bits per heavy atom. The molecule has 3 aromatic carbocycles. The smallest absolute Gasteiger partial charge is 0.279 e. The highest BCUT2D eigenvalue weighted by Gasteiger charge is 2.48. The van der Waals surface area contributed by atoms with E-state index in [0.29, 0.717) is 5.70 Å². The van der Waals surface area contributed by atoms with Crippen LogP contribution in [0.2, 0.25) is 0 Å². The highest BCUT2D eigenvalue weighted by Crippen LogP contribution is 2.52. The number of benzene rings is 3. The van der Waals surface area contributed by atoms with E-state index in [9.17, 15) is 18.3 Å². The number of aromatic hydroxyl groups is 1. The van der Waals surface area contributed by atoms with Crippen molar-refractivity contribution in [2.45, 2.75) is 32.9 Å². The Kier molecular flexibility index (Phi) is 7.00. The number of carbonyl (C=O) groups excluding carboxylic acids is 1. The molecule has 3 heterocycles. The molecule has 0 saturated carbocycles. The summed E-state index contributed by atoms with van der Waals surface area (Å²) < 4.78 is 51.8. The normalized spacial score (nSPS) is 18.7. The number of hydrogen-bond donors (Lipinski definition) is 2. The summed E-state index contributed by atoms with van der Waals surface area (Å²) in [5.74, 6) is -1.54. The van der Waals surface area contributed by atoms with Gasteiger partial charge in [0, 0.05) is 30.6 Å². The van der Waals surface area contributed by atoms with Crippen LogP contribution in [0.1, 0.15) is 47.9 Å². The van der Waals surface area contributed by atoms with E-state index in [0.717, 1.165) is 5.56 Å². The van der Waals surface area contributed by atoms with Crippen molar-refractivity contribution in [3.05, 3.63) is 112 Å². The predicted molar refractivity (Wildman–Crippen MR) is 161 cm³/mol. The van der Waals surface area contributed by atoms with Crippen molar-refractivity contribution in [3.63, 3.8) is 0 Å². The summed E-state index contributed by atoms with van der Waals surface area (Å²) in [6.07, 6.45) is 3.24. The summed E-state index contributed by atoms with van der Waals surface area (Å²) in [6.45, 7) is 3.87. The predicted octanol–water partition coefficient (Wildman–Crippen LogP) is 5.71. The number of nitrogens with one attached hydrogen (secondary N) is 1. The molecule has 2 N–H and O–H groups in total. The van der Waals surface area contributed by atoms with Crippen LogP contribution in [0.25, 0.3) is 0 Å². The van der Waals surface area contributed by atoms with E-state index in [-0.39, 0.29) is 57.8 Å². The van der Waals surface area contributed by atoms with Gasteiger partial charge in [-0.1, -0.05) is 50.2 Å². The first-order valence-corrected chi connectivity index (χ1v) is 15.4. The number of allylic oxidation sites excluding steroid dienone is 1. The Balaban J connectivity index is 1.55. The summed E-state index contributed by atoms with van der Waals surface area (Å²) >= 11 is 0. The topological polar surface area (TPSA) is 114 Å². The van der Waals surface area contributed by atoms with Gasteiger partial charge >= 0.3 is 0 Å². The molecule has 1 amide bonds. The zero-order chi connectivity index (χ0) is 30.5. The maximum absolute atomic E-state index is 16.2. The van der Waals surface area contributed by atoms with Gasteiger partial charge in [0.2, 0.25) is 0 Å². The molecule has 43 heavy (non-hydrogen) atoms. The van der Waals surface area contributed by atoms with Crippen LogP contribution in [0.15, 0.2) is 89.9 Å². The minimum atomic E-state index is -4.04. The maximum atomic E-state index is 16.2. The molecule has 6 rings (SSSR count). The van der Waals surface area contributed by atoms with Crippen molar-refractivity contribution in [2.24, 2.45) is 12.5 Å². The number of rotatable bonds is 5. The largest absolute Gasteiger partial charge is 0.506 e. The SMILES string of the molecule is Cn1cnc(C(=O)N2c3cccc(O)c3NC3=C(C2c2ccc(OCc4ccccc4)cc2F)S(=O)(=O)CC(C)(C)C3)c1. The molecule has 0 saturated heterocycles. The number of para-hydroxylation sites is 1. The molecular weight excluding hydrogens is 571 g/mol. The van der Waals surface area contributed by atoms with Gasteiger partial charge in [0.1, 0.15) is 41.3 Å². The summed E-state index contributed by atoms with van der Waals surface area (Å²) in [7, 11) is -2.34. The first kappa shape index (κ1) is 28.5. The molecule has 2 aliphatic rings. The molecule has 222 valence electrons. The lowest BCUT2D eigenvalue weighted by Gasteiger charge is -2.37. The van der Waals surface area contributed by atoms with Crippen LogP contribution in [0.3, 0.4) is 0 Å². The molecule has 1 atom stereocenters. The fourth-order valence-corrected chi connectivity index (χ4v) is 8.17. The number of hydrogen-bond acceptors (Lipinski definition) is 7. The van der Waals surface area contributed by atoms with Gasteiger partial charge in [-0.05, 0) is 41.7 Å². The van der Waals surface area contributed by atoms with Crippen LogP contribution in [-0.2, 0) is 23.5 Å². The molecule has 0 radical (unpaired) electrons. The number of ether oxygens (including phenoxy) is 1. The number of aryl methyl sites for hydroxylation is 1. The number of nitrogens with zero attached hydrogens (tertiary/aromatic N) is 3. The summed E-state index contributed by atoms with van der Waals surface area (Å²) in [4.78, 5) is 19.6. The lowest BCUT2D eigenvalue weighted by atomic mass is 9.88. The second-order valence-electron chi connectivity index (χ2n) is 11.7. The van der Waals surface area contributed by atoms with Crippen LogP contribution < -0.4 is 15.0 Å². The molecule has 11 heteroatoms. The Bertz CT molecular complexity index is 1870. The van der Waals surface area contributed by atoms with E-state index in [1.807, 2.05) is 44.2 Å². The number of amides is 1. The van der Waals surface area contributed by atoms with Crippen molar-refractivity contribution in [3.8, 4) is 11.5 Å². The number of carbonyl (C=O) groups is 1. The molecule has 0 bridgehead atoms. The third-order valence-corrected chi connectivity index (χ3v) is 9.89. The monoisotopic (exact) mass is 602 g/mol. The van der Waals surface area contributed by atoms with Gasteiger partial charge < -0.3 is 19.7 Å². The van der Waals surface area contributed by atoms with Gasteiger partial charge in [-0.15, -0.1) is 0 Å². The van der Waals surface area contributed by atoms with Crippen LogP contribution in [-0.4, -0.2) is 34.7 Å². The molecule has 9 nitrogen and oxygen atoms in total. The quantitative estimate of drug-likeness (QED) is 0.281. The van der Waals surface area contributed by atoms with Gasteiger partial charge in [0.25, 0.3) is 5.91 Å². The number of imidazole rings is 1. The minimum absolute atomic E-state index is 0.0302. The van der Waals surface area contributed by atoms with E-state index in [1.165, 1.54) is 35.6 Å². The molecule has 2 aliphatic heterocycles. The van der Waals surface area contributed by atoms with Crippen molar-refractivity contribution in [1.82, 2.24) is 9.55 Å². The Labute approximate surface area is 249 Å².